The highest BCUT2D eigenvalue weighted by molar-refractivity contribution is 7.89. The second kappa shape index (κ2) is 10.2. The third-order valence-corrected chi connectivity index (χ3v) is 6.00. The average molecular weight is 455 g/mol. The van der Waals surface area contributed by atoms with Gasteiger partial charge in [-0.25, -0.2) is 8.42 Å². The number of nitriles is 1. The van der Waals surface area contributed by atoms with Crippen LogP contribution in [0.25, 0.3) is 0 Å². The summed E-state index contributed by atoms with van der Waals surface area (Å²) in [6.45, 7) is 5.47. The molecule has 0 aliphatic rings. The summed E-state index contributed by atoms with van der Waals surface area (Å²) >= 11 is 0. The van der Waals surface area contributed by atoms with Crippen molar-refractivity contribution in [2.75, 3.05) is 18.9 Å². The number of nitro benzene ring substituents is 1. The molecule has 1 rings (SSSR count). The van der Waals surface area contributed by atoms with E-state index < -0.39 is 55.6 Å². The van der Waals surface area contributed by atoms with Crippen molar-refractivity contribution in [1.82, 2.24) is 10.0 Å². The Morgan fingerprint density at radius 3 is 2.42 bits per heavy atom. The fourth-order valence-electron chi connectivity index (χ4n) is 2.23. The second-order valence-corrected chi connectivity index (χ2v) is 8.87. The van der Waals surface area contributed by atoms with Gasteiger partial charge in [0.1, 0.15) is 17.8 Å². The van der Waals surface area contributed by atoms with Crippen LogP contribution in [0.2, 0.25) is 0 Å². The van der Waals surface area contributed by atoms with Crippen molar-refractivity contribution < 1.29 is 27.7 Å². The molecule has 170 valence electrons. The van der Waals surface area contributed by atoms with Crippen molar-refractivity contribution in [3.63, 3.8) is 0 Å². The molecule has 12 nitrogen and oxygen atoms in total. The lowest BCUT2D eigenvalue weighted by molar-refractivity contribution is -0.384. The van der Waals surface area contributed by atoms with Gasteiger partial charge in [0.25, 0.3) is 11.6 Å². The minimum atomic E-state index is -4.26. The first kappa shape index (κ1) is 25.8. The molecular weight excluding hydrogens is 430 g/mol. The van der Waals surface area contributed by atoms with Crippen molar-refractivity contribution in [2.45, 2.75) is 44.2 Å². The van der Waals surface area contributed by atoms with Gasteiger partial charge in [-0.3, -0.25) is 19.7 Å². The molecule has 1 amide bonds. The topological polar surface area (TPSA) is 181 Å². The number of ether oxygens (including phenoxy) is 1. The highest BCUT2D eigenvalue weighted by atomic mass is 32.2. The van der Waals surface area contributed by atoms with Crippen LogP contribution in [0.3, 0.4) is 0 Å². The van der Waals surface area contributed by atoms with Crippen molar-refractivity contribution in [2.24, 2.45) is 5.92 Å². The van der Waals surface area contributed by atoms with Crippen LogP contribution in [0.1, 0.15) is 27.7 Å². The Morgan fingerprint density at radius 2 is 1.94 bits per heavy atom. The fraction of sp³-hybridized carbons (Fsp3) is 0.500. The number of nitrogens with one attached hydrogen (secondary N) is 3. The van der Waals surface area contributed by atoms with Gasteiger partial charge in [-0.1, -0.05) is 13.8 Å². The molecule has 0 aliphatic heterocycles. The van der Waals surface area contributed by atoms with Crippen LogP contribution in [-0.4, -0.2) is 50.5 Å². The first-order valence-electron chi connectivity index (χ1n) is 9.16. The summed E-state index contributed by atoms with van der Waals surface area (Å²) in [7, 11) is -2.82. The van der Waals surface area contributed by atoms with Crippen LogP contribution in [0.5, 0.6) is 0 Å². The molecule has 0 saturated carbocycles. The largest absolute Gasteiger partial charge is 0.452 e. The van der Waals surface area contributed by atoms with Crippen LogP contribution in [0.15, 0.2) is 23.1 Å². The lowest BCUT2D eigenvalue weighted by atomic mass is 9.90. The summed E-state index contributed by atoms with van der Waals surface area (Å²) in [5.41, 5.74) is -1.51. The molecule has 2 unspecified atom stereocenters. The van der Waals surface area contributed by atoms with Crippen molar-refractivity contribution in [3.8, 4) is 6.07 Å². The first-order chi connectivity index (χ1) is 14.3. The van der Waals surface area contributed by atoms with Gasteiger partial charge in [-0.05, 0) is 31.9 Å². The molecule has 3 N–H and O–H groups in total. The zero-order valence-corrected chi connectivity index (χ0v) is 18.6. The third-order valence-electron chi connectivity index (χ3n) is 4.60. The first-order valence-corrected chi connectivity index (χ1v) is 10.6. The van der Waals surface area contributed by atoms with Gasteiger partial charge < -0.3 is 15.4 Å². The number of rotatable bonds is 10. The Labute approximate surface area is 180 Å². The van der Waals surface area contributed by atoms with E-state index in [2.05, 4.69) is 10.6 Å². The Balaban J connectivity index is 2.79. The number of nitrogens with zero attached hydrogens (tertiary/aromatic N) is 2. The smallest absolute Gasteiger partial charge is 0.321 e. The molecule has 1 aromatic carbocycles. The summed E-state index contributed by atoms with van der Waals surface area (Å²) < 4.78 is 31.6. The van der Waals surface area contributed by atoms with Gasteiger partial charge in [0.05, 0.1) is 15.9 Å². The minimum absolute atomic E-state index is 0.119. The van der Waals surface area contributed by atoms with Crippen LogP contribution < -0.4 is 15.4 Å². The second-order valence-electron chi connectivity index (χ2n) is 7.10. The molecule has 31 heavy (non-hydrogen) atoms. The molecule has 0 saturated heterocycles. The van der Waals surface area contributed by atoms with Crippen LogP contribution in [0.4, 0.5) is 11.4 Å². The highest BCUT2D eigenvalue weighted by Gasteiger charge is 2.32. The number of nitro groups is 1. The zero-order valence-electron chi connectivity index (χ0n) is 17.8. The Bertz CT molecular complexity index is 1000. The third kappa shape index (κ3) is 6.63. The molecule has 0 aromatic heterocycles. The van der Waals surface area contributed by atoms with Crippen LogP contribution in [-0.2, 0) is 24.3 Å². The van der Waals surface area contributed by atoms with Gasteiger partial charge in [-0.15, -0.1) is 0 Å². The summed E-state index contributed by atoms with van der Waals surface area (Å²) in [4.78, 5) is 34.1. The SMILES string of the molecule is CNc1ccc(S(=O)(=O)NCC(=O)OC(C)C(=O)NC(C)(C#N)C(C)C)cc1[N+](=O)[O-]. The van der Waals surface area contributed by atoms with Gasteiger partial charge >= 0.3 is 5.97 Å². The average Bonchev–Trinajstić information content (AvgIpc) is 2.71. The molecule has 0 heterocycles. The monoisotopic (exact) mass is 455 g/mol. The van der Waals surface area contributed by atoms with E-state index in [9.17, 15) is 33.4 Å². The molecule has 0 radical (unpaired) electrons. The van der Waals surface area contributed by atoms with Gasteiger partial charge in [-0.2, -0.15) is 9.98 Å². The quantitative estimate of drug-likeness (QED) is 0.262. The Kier molecular flexibility index (Phi) is 8.47. The molecule has 0 aliphatic carbocycles. The predicted molar refractivity (Wildman–Crippen MR) is 110 cm³/mol. The van der Waals surface area contributed by atoms with Crippen molar-refractivity contribution >= 4 is 33.3 Å². The van der Waals surface area contributed by atoms with E-state index in [-0.39, 0.29) is 11.6 Å². The Morgan fingerprint density at radius 1 is 1.32 bits per heavy atom. The van der Waals surface area contributed by atoms with Crippen molar-refractivity contribution in [3.05, 3.63) is 28.3 Å². The zero-order chi connectivity index (χ0) is 24.0. The molecule has 2 atom stereocenters. The fourth-order valence-corrected chi connectivity index (χ4v) is 3.22. The maximum atomic E-state index is 12.4. The highest BCUT2D eigenvalue weighted by Crippen LogP contribution is 2.27. The molecule has 0 fully saturated rings. The molecule has 13 heteroatoms. The van der Waals surface area contributed by atoms with E-state index in [1.54, 1.807) is 13.8 Å². The van der Waals surface area contributed by atoms with E-state index in [1.165, 1.54) is 27.0 Å². The lowest BCUT2D eigenvalue weighted by Gasteiger charge is -2.28. The number of sulfonamides is 1. The van der Waals surface area contributed by atoms with Crippen LogP contribution >= 0.6 is 0 Å². The van der Waals surface area contributed by atoms with Gasteiger partial charge in [0.15, 0.2) is 6.10 Å². The lowest BCUT2D eigenvalue weighted by Crippen LogP contribution is -2.52. The van der Waals surface area contributed by atoms with E-state index in [0.29, 0.717) is 0 Å². The molecular formula is C18H25N5O7S. The summed E-state index contributed by atoms with van der Waals surface area (Å²) in [6.07, 6.45) is -1.28. The molecule has 0 spiro atoms. The summed E-state index contributed by atoms with van der Waals surface area (Å²) in [5.74, 6) is -1.97. The van der Waals surface area contributed by atoms with Gasteiger partial charge in [0, 0.05) is 13.1 Å². The minimum Gasteiger partial charge on any atom is -0.452 e. The van der Waals surface area contributed by atoms with Crippen molar-refractivity contribution in [1.29, 1.82) is 5.26 Å². The van der Waals surface area contributed by atoms with E-state index in [4.69, 9.17) is 4.74 Å². The van der Waals surface area contributed by atoms with E-state index in [0.717, 1.165) is 12.1 Å². The summed E-state index contributed by atoms with van der Waals surface area (Å²) in [6, 6.07) is 5.19. The standard InChI is InChI=1S/C18H25N5O7S/c1-11(2)18(4,10-19)22-17(25)12(3)30-16(24)9-21-31(28,29)13-6-7-14(20-5)15(8-13)23(26)27/h6-8,11-12,20-21H,9H2,1-5H3,(H,22,25). The number of hydrogen-bond acceptors (Lipinski definition) is 9. The van der Waals surface area contributed by atoms with E-state index >= 15 is 0 Å². The number of carbonyl (C=O) groups is 2. The Hall–Kier alpha value is -3.24. The number of amides is 1. The summed E-state index contributed by atoms with van der Waals surface area (Å²) in [5, 5.41) is 25.4. The number of benzene rings is 1. The normalized spacial score (nSPS) is 14.1. The predicted octanol–water partition coefficient (Wildman–Crippen LogP) is 0.901. The van der Waals surface area contributed by atoms with Gasteiger partial charge in [0.2, 0.25) is 10.0 Å². The maximum absolute atomic E-state index is 12.4. The molecule has 0 bridgehead atoms. The number of carbonyl (C=O) groups excluding carboxylic acids is 2. The van der Waals surface area contributed by atoms with Crippen LogP contribution in [0, 0.1) is 27.4 Å². The maximum Gasteiger partial charge on any atom is 0.321 e. The van der Waals surface area contributed by atoms with E-state index in [1.807, 2.05) is 10.8 Å². The number of esters is 1. The number of anilines is 1. The molecule has 1 aromatic rings. The number of hydrogen-bond donors (Lipinski definition) is 3.